The molecule has 3 nitrogen and oxygen atoms in total. The van der Waals surface area contributed by atoms with Crippen LogP contribution < -0.4 is 4.74 Å². The molecule has 2 rings (SSSR count). The van der Waals surface area contributed by atoms with E-state index in [-0.39, 0.29) is 0 Å². The van der Waals surface area contributed by atoms with Crippen LogP contribution in [-0.4, -0.2) is 18.2 Å². The molecule has 1 aliphatic carbocycles. The minimum absolute atomic E-state index is 0.512. The second-order valence-electron chi connectivity index (χ2n) is 4.19. The van der Waals surface area contributed by atoms with Gasteiger partial charge in [0.25, 0.3) is 0 Å². The second kappa shape index (κ2) is 3.67. The van der Waals surface area contributed by atoms with E-state index in [9.17, 15) is 9.90 Å². The Kier molecular flexibility index (Phi) is 2.58. The number of rotatable bonds is 3. The first-order valence-electron chi connectivity index (χ1n) is 5.09. The van der Waals surface area contributed by atoms with Gasteiger partial charge in [0.05, 0.1) is 12.5 Å². The van der Waals surface area contributed by atoms with E-state index < -0.39 is 11.4 Å². The first kappa shape index (κ1) is 11.3. The highest BCUT2D eigenvalue weighted by atomic mass is 35.5. The van der Waals surface area contributed by atoms with E-state index in [0.29, 0.717) is 29.2 Å². The number of carboxylic acid groups (broad SMARTS) is 1. The third kappa shape index (κ3) is 1.55. The van der Waals surface area contributed by atoms with Gasteiger partial charge >= 0.3 is 5.97 Å². The van der Waals surface area contributed by atoms with Crippen LogP contribution in [0.5, 0.6) is 5.75 Å². The Morgan fingerprint density at radius 3 is 2.56 bits per heavy atom. The molecule has 0 radical (unpaired) electrons. The summed E-state index contributed by atoms with van der Waals surface area (Å²) in [5.74, 6) is -0.118. The van der Waals surface area contributed by atoms with Crippen LogP contribution in [0.1, 0.15) is 24.0 Å². The van der Waals surface area contributed by atoms with Crippen LogP contribution in [0.25, 0.3) is 0 Å². The number of methoxy groups -OCH3 is 1. The van der Waals surface area contributed by atoms with Gasteiger partial charge in [-0.3, -0.25) is 4.79 Å². The summed E-state index contributed by atoms with van der Waals surface area (Å²) in [6.45, 7) is 1.88. The maximum atomic E-state index is 11.2. The fourth-order valence-corrected chi connectivity index (χ4v) is 2.36. The number of benzene rings is 1. The number of aryl methyl sites for hydroxylation is 1. The molecule has 1 aliphatic rings. The predicted octanol–water partition coefficient (Wildman–Crippen LogP) is 2.77. The van der Waals surface area contributed by atoms with E-state index in [1.54, 1.807) is 19.2 Å². The van der Waals surface area contributed by atoms with Gasteiger partial charge in [0.15, 0.2) is 0 Å². The minimum Gasteiger partial charge on any atom is -0.496 e. The lowest BCUT2D eigenvalue weighted by molar-refractivity contribution is -0.140. The lowest BCUT2D eigenvalue weighted by Gasteiger charge is -2.15. The smallest absolute Gasteiger partial charge is 0.314 e. The summed E-state index contributed by atoms with van der Waals surface area (Å²) in [4.78, 5) is 11.2. The van der Waals surface area contributed by atoms with Gasteiger partial charge in [0, 0.05) is 5.02 Å². The van der Waals surface area contributed by atoms with Crippen molar-refractivity contribution in [1.82, 2.24) is 0 Å². The molecule has 4 heteroatoms. The lowest BCUT2D eigenvalue weighted by Crippen LogP contribution is -2.20. The Morgan fingerprint density at radius 2 is 2.12 bits per heavy atom. The highest BCUT2D eigenvalue weighted by molar-refractivity contribution is 6.32. The molecule has 0 unspecified atom stereocenters. The van der Waals surface area contributed by atoms with Crippen LogP contribution in [0.15, 0.2) is 12.1 Å². The average Bonchev–Trinajstić information content (AvgIpc) is 2.99. The zero-order valence-electron chi connectivity index (χ0n) is 9.21. The molecule has 16 heavy (non-hydrogen) atoms. The SMILES string of the molecule is COc1cc(C2(C(=O)O)CC2)c(Cl)cc1C. The van der Waals surface area contributed by atoms with Crippen LogP contribution in [0.3, 0.4) is 0 Å². The summed E-state index contributed by atoms with van der Waals surface area (Å²) >= 11 is 6.11. The van der Waals surface area contributed by atoms with Gasteiger partial charge < -0.3 is 9.84 Å². The molecule has 0 heterocycles. The highest BCUT2D eigenvalue weighted by Gasteiger charge is 2.53. The van der Waals surface area contributed by atoms with Crippen LogP contribution in [-0.2, 0) is 10.2 Å². The second-order valence-corrected chi connectivity index (χ2v) is 4.60. The van der Waals surface area contributed by atoms with E-state index in [1.807, 2.05) is 6.92 Å². The molecule has 0 spiro atoms. The van der Waals surface area contributed by atoms with Crippen molar-refractivity contribution in [1.29, 1.82) is 0 Å². The van der Waals surface area contributed by atoms with Crippen molar-refractivity contribution < 1.29 is 14.6 Å². The van der Waals surface area contributed by atoms with Crippen molar-refractivity contribution in [2.24, 2.45) is 0 Å². The summed E-state index contributed by atoms with van der Waals surface area (Å²) in [5, 5.41) is 9.73. The van der Waals surface area contributed by atoms with E-state index >= 15 is 0 Å². The zero-order chi connectivity index (χ0) is 11.9. The van der Waals surface area contributed by atoms with Gasteiger partial charge in [-0.25, -0.2) is 0 Å². The van der Waals surface area contributed by atoms with Crippen molar-refractivity contribution in [3.8, 4) is 5.75 Å². The number of halogens is 1. The fraction of sp³-hybridized carbons (Fsp3) is 0.417. The Hall–Kier alpha value is -1.22. The van der Waals surface area contributed by atoms with Crippen molar-refractivity contribution in [3.05, 3.63) is 28.3 Å². The summed E-state index contributed by atoms with van der Waals surface area (Å²) in [6.07, 6.45) is 1.29. The van der Waals surface area contributed by atoms with Crippen molar-refractivity contribution >= 4 is 17.6 Å². The normalized spacial score (nSPS) is 16.9. The van der Waals surface area contributed by atoms with Gasteiger partial charge in [-0.15, -0.1) is 0 Å². The maximum absolute atomic E-state index is 11.2. The summed E-state index contributed by atoms with van der Waals surface area (Å²) in [6, 6.07) is 3.51. The first-order valence-corrected chi connectivity index (χ1v) is 5.47. The third-order valence-electron chi connectivity index (χ3n) is 3.16. The number of ether oxygens (including phenoxy) is 1. The van der Waals surface area contributed by atoms with Crippen molar-refractivity contribution in [2.75, 3.05) is 7.11 Å². The molecule has 0 aliphatic heterocycles. The number of hydrogen-bond donors (Lipinski definition) is 1. The quantitative estimate of drug-likeness (QED) is 0.884. The summed E-state index contributed by atoms with van der Waals surface area (Å²) in [5.41, 5.74) is 0.805. The molecule has 1 N–H and O–H groups in total. The number of carbonyl (C=O) groups is 1. The Balaban J connectivity index is 2.53. The summed E-state index contributed by atoms with van der Waals surface area (Å²) in [7, 11) is 1.57. The molecule has 1 saturated carbocycles. The average molecular weight is 241 g/mol. The van der Waals surface area contributed by atoms with Crippen LogP contribution in [0, 0.1) is 6.92 Å². The molecule has 0 saturated heterocycles. The van der Waals surface area contributed by atoms with E-state index in [4.69, 9.17) is 16.3 Å². The van der Waals surface area contributed by atoms with E-state index in [2.05, 4.69) is 0 Å². The molecule has 1 fully saturated rings. The molecule has 1 aromatic carbocycles. The summed E-state index contributed by atoms with van der Waals surface area (Å²) < 4.78 is 5.19. The molecule has 86 valence electrons. The Labute approximate surface area is 99.0 Å². The van der Waals surface area contributed by atoms with Gasteiger partial charge in [-0.05, 0) is 43.0 Å². The predicted molar refractivity (Wildman–Crippen MR) is 61.3 cm³/mol. The van der Waals surface area contributed by atoms with Crippen LogP contribution >= 0.6 is 11.6 Å². The Morgan fingerprint density at radius 1 is 1.50 bits per heavy atom. The largest absolute Gasteiger partial charge is 0.496 e. The van der Waals surface area contributed by atoms with Gasteiger partial charge in [0.2, 0.25) is 0 Å². The lowest BCUT2D eigenvalue weighted by atomic mass is 9.94. The number of hydrogen-bond acceptors (Lipinski definition) is 2. The van der Waals surface area contributed by atoms with E-state index in [1.165, 1.54) is 0 Å². The minimum atomic E-state index is -0.805. The Bertz CT molecular complexity index is 450. The molecular formula is C12H13ClO3. The monoisotopic (exact) mass is 240 g/mol. The van der Waals surface area contributed by atoms with Crippen LogP contribution in [0.4, 0.5) is 0 Å². The highest BCUT2D eigenvalue weighted by Crippen LogP contribution is 2.51. The van der Waals surface area contributed by atoms with Crippen molar-refractivity contribution in [2.45, 2.75) is 25.2 Å². The van der Waals surface area contributed by atoms with Crippen LogP contribution in [0.2, 0.25) is 5.02 Å². The third-order valence-corrected chi connectivity index (χ3v) is 3.47. The molecular weight excluding hydrogens is 228 g/mol. The maximum Gasteiger partial charge on any atom is 0.314 e. The molecule has 0 amide bonds. The van der Waals surface area contributed by atoms with Gasteiger partial charge in [-0.2, -0.15) is 0 Å². The van der Waals surface area contributed by atoms with Gasteiger partial charge in [-0.1, -0.05) is 11.6 Å². The van der Waals surface area contributed by atoms with Gasteiger partial charge in [0.1, 0.15) is 5.75 Å². The standard InChI is InChI=1S/C12H13ClO3/c1-7-5-9(13)8(6-10(7)16-2)12(3-4-12)11(14)15/h5-6H,3-4H2,1-2H3,(H,14,15). The van der Waals surface area contributed by atoms with Crippen molar-refractivity contribution in [3.63, 3.8) is 0 Å². The number of aliphatic carboxylic acids is 1. The molecule has 0 aromatic heterocycles. The first-order chi connectivity index (χ1) is 7.51. The molecule has 0 bridgehead atoms. The van der Waals surface area contributed by atoms with E-state index in [0.717, 1.165) is 5.56 Å². The number of carboxylic acids is 1. The fourth-order valence-electron chi connectivity index (χ4n) is 1.96. The zero-order valence-corrected chi connectivity index (χ0v) is 9.97. The topological polar surface area (TPSA) is 46.5 Å². The molecule has 0 atom stereocenters. The molecule has 1 aromatic rings.